The Kier molecular flexibility index (Phi) is 4.15. The van der Waals surface area contributed by atoms with Crippen molar-refractivity contribution in [1.82, 2.24) is 4.98 Å². The molecule has 0 aliphatic heterocycles. The first-order valence-electron chi connectivity index (χ1n) is 7.35. The molecule has 0 amide bonds. The van der Waals surface area contributed by atoms with Gasteiger partial charge in [0, 0.05) is 25.4 Å². The molecule has 1 heterocycles. The first-order valence-corrected chi connectivity index (χ1v) is 7.35. The van der Waals surface area contributed by atoms with E-state index in [0.717, 1.165) is 22.4 Å². The average Bonchev–Trinajstić information content (AvgIpc) is 2.56. The van der Waals surface area contributed by atoms with Crippen molar-refractivity contribution < 1.29 is 10.2 Å². The van der Waals surface area contributed by atoms with Crippen LogP contribution in [0.1, 0.15) is 5.56 Å². The summed E-state index contributed by atoms with van der Waals surface area (Å²) >= 11 is 0. The van der Waals surface area contributed by atoms with Gasteiger partial charge in [-0.1, -0.05) is 24.3 Å². The Morgan fingerprint density at radius 1 is 0.870 bits per heavy atom. The van der Waals surface area contributed by atoms with Crippen LogP contribution in [0, 0.1) is 0 Å². The molecule has 0 aliphatic rings. The number of aromatic hydroxyl groups is 2. The number of rotatable bonds is 4. The summed E-state index contributed by atoms with van der Waals surface area (Å²) in [5, 5.41) is 18.9. The summed E-state index contributed by atoms with van der Waals surface area (Å²) in [7, 11) is 1.99. The fourth-order valence-corrected chi connectivity index (χ4v) is 2.47. The average molecular weight is 306 g/mol. The van der Waals surface area contributed by atoms with Gasteiger partial charge in [0.25, 0.3) is 0 Å². The molecule has 3 aromatic rings. The van der Waals surface area contributed by atoms with E-state index < -0.39 is 0 Å². The molecular weight excluding hydrogens is 288 g/mol. The van der Waals surface area contributed by atoms with E-state index in [1.807, 2.05) is 37.5 Å². The van der Waals surface area contributed by atoms with Crippen LogP contribution in [-0.4, -0.2) is 22.2 Å². The summed E-state index contributed by atoms with van der Waals surface area (Å²) in [6.07, 6.45) is 3.62. The lowest BCUT2D eigenvalue weighted by molar-refractivity contribution is 0.474. The predicted octanol–water partition coefficient (Wildman–Crippen LogP) is 3.80. The monoisotopic (exact) mass is 306 g/mol. The molecule has 1 aromatic heterocycles. The summed E-state index contributed by atoms with van der Waals surface area (Å²) in [5.74, 6) is 0.519. The molecule has 0 bridgehead atoms. The first kappa shape index (κ1) is 14.9. The fraction of sp³-hybridized carbons (Fsp3) is 0.105. The quantitative estimate of drug-likeness (QED) is 0.770. The van der Waals surface area contributed by atoms with E-state index >= 15 is 0 Å². The second kappa shape index (κ2) is 6.40. The maximum absolute atomic E-state index is 9.56. The standard InChI is InChI=1S/C19H18N2O2/c1-21(13-14-3-2-4-19(23)9-14)17-10-16(11-20-12-17)15-5-7-18(22)8-6-15/h2-12,22-23H,13H2,1H3. The lowest BCUT2D eigenvalue weighted by Crippen LogP contribution is -2.16. The molecule has 0 aliphatic carbocycles. The Labute approximate surface area is 135 Å². The minimum absolute atomic E-state index is 0.249. The lowest BCUT2D eigenvalue weighted by atomic mass is 10.1. The third-order valence-electron chi connectivity index (χ3n) is 3.70. The second-order valence-electron chi connectivity index (χ2n) is 5.50. The smallest absolute Gasteiger partial charge is 0.115 e. The van der Waals surface area contributed by atoms with E-state index in [1.54, 1.807) is 30.5 Å². The van der Waals surface area contributed by atoms with Crippen molar-refractivity contribution in [2.24, 2.45) is 0 Å². The van der Waals surface area contributed by atoms with Crippen LogP contribution in [0.15, 0.2) is 67.0 Å². The summed E-state index contributed by atoms with van der Waals surface area (Å²) in [5.41, 5.74) is 4.01. The van der Waals surface area contributed by atoms with Crippen molar-refractivity contribution in [1.29, 1.82) is 0 Å². The molecule has 2 N–H and O–H groups in total. The number of pyridine rings is 1. The summed E-state index contributed by atoms with van der Waals surface area (Å²) in [4.78, 5) is 6.39. The molecule has 4 heteroatoms. The highest BCUT2D eigenvalue weighted by atomic mass is 16.3. The van der Waals surface area contributed by atoms with Gasteiger partial charge in [0.2, 0.25) is 0 Å². The van der Waals surface area contributed by atoms with Crippen molar-refractivity contribution in [3.8, 4) is 22.6 Å². The van der Waals surface area contributed by atoms with Crippen LogP contribution in [-0.2, 0) is 6.54 Å². The molecule has 0 unspecified atom stereocenters. The van der Waals surface area contributed by atoms with E-state index in [1.165, 1.54) is 0 Å². The molecule has 0 fully saturated rings. The van der Waals surface area contributed by atoms with Crippen molar-refractivity contribution in [3.63, 3.8) is 0 Å². The molecule has 116 valence electrons. The number of benzene rings is 2. The van der Waals surface area contributed by atoms with Gasteiger partial charge in [0.15, 0.2) is 0 Å². The zero-order valence-corrected chi connectivity index (χ0v) is 12.8. The SMILES string of the molecule is CN(Cc1cccc(O)c1)c1cncc(-c2ccc(O)cc2)c1. The van der Waals surface area contributed by atoms with Crippen molar-refractivity contribution in [2.45, 2.75) is 6.54 Å². The third kappa shape index (κ3) is 3.61. The number of phenols is 2. The van der Waals surface area contributed by atoms with Gasteiger partial charge in [-0.25, -0.2) is 0 Å². The van der Waals surface area contributed by atoms with E-state index in [4.69, 9.17) is 0 Å². The molecule has 0 saturated carbocycles. The highest BCUT2D eigenvalue weighted by Crippen LogP contribution is 2.25. The fourth-order valence-electron chi connectivity index (χ4n) is 2.47. The van der Waals surface area contributed by atoms with Crippen molar-refractivity contribution in [3.05, 3.63) is 72.6 Å². The lowest BCUT2D eigenvalue weighted by Gasteiger charge is -2.20. The number of nitrogens with zero attached hydrogens (tertiary/aromatic N) is 2. The minimum atomic E-state index is 0.249. The summed E-state index contributed by atoms with van der Waals surface area (Å²) in [6.45, 7) is 0.676. The van der Waals surface area contributed by atoms with Crippen LogP contribution >= 0.6 is 0 Å². The topological polar surface area (TPSA) is 56.6 Å². The van der Waals surface area contributed by atoms with Gasteiger partial charge in [0.1, 0.15) is 11.5 Å². The Morgan fingerprint density at radius 3 is 2.39 bits per heavy atom. The molecule has 4 nitrogen and oxygen atoms in total. The van der Waals surface area contributed by atoms with Gasteiger partial charge in [-0.3, -0.25) is 4.98 Å². The molecule has 23 heavy (non-hydrogen) atoms. The molecule has 0 radical (unpaired) electrons. The number of anilines is 1. The van der Waals surface area contributed by atoms with E-state index in [-0.39, 0.29) is 11.5 Å². The van der Waals surface area contributed by atoms with Gasteiger partial charge in [-0.15, -0.1) is 0 Å². The molecule has 0 saturated heterocycles. The number of aromatic nitrogens is 1. The van der Waals surface area contributed by atoms with Gasteiger partial charge >= 0.3 is 0 Å². The van der Waals surface area contributed by atoms with E-state index in [2.05, 4.69) is 16.0 Å². The van der Waals surface area contributed by atoms with Crippen LogP contribution in [0.3, 0.4) is 0 Å². The Morgan fingerprint density at radius 2 is 1.65 bits per heavy atom. The number of phenolic OH excluding ortho intramolecular Hbond substituents is 2. The first-order chi connectivity index (χ1) is 11.1. The highest BCUT2D eigenvalue weighted by molar-refractivity contribution is 5.67. The largest absolute Gasteiger partial charge is 0.508 e. The van der Waals surface area contributed by atoms with Gasteiger partial charge in [-0.05, 0) is 41.5 Å². The zero-order valence-electron chi connectivity index (χ0n) is 12.8. The number of hydrogen-bond donors (Lipinski definition) is 2. The highest BCUT2D eigenvalue weighted by Gasteiger charge is 2.06. The maximum atomic E-state index is 9.56. The normalized spacial score (nSPS) is 10.5. The second-order valence-corrected chi connectivity index (χ2v) is 5.50. The maximum Gasteiger partial charge on any atom is 0.115 e. The van der Waals surface area contributed by atoms with Gasteiger partial charge < -0.3 is 15.1 Å². The Balaban J connectivity index is 1.82. The summed E-state index contributed by atoms with van der Waals surface area (Å²) < 4.78 is 0. The summed E-state index contributed by atoms with van der Waals surface area (Å²) in [6, 6.07) is 16.4. The van der Waals surface area contributed by atoms with Crippen molar-refractivity contribution in [2.75, 3.05) is 11.9 Å². The van der Waals surface area contributed by atoms with E-state index in [0.29, 0.717) is 6.54 Å². The van der Waals surface area contributed by atoms with Crippen LogP contribution in [0.25, 0.3) is 11.1 Å². The van der Waals surface area contributed by atoms with Crippen LogP contribution in [0.5, 0.6) is 11.5 Å². The van der Waals surface area contributed by atoms with E-state index in [9.17, 15) is 10.2 Å². The minimum Gasteiger partial charge on any atom is -0.508 e. The van der Waals surface area contributed by atoms with Gasteiger partial charge in [-0.2, -0.15) is 0 Å². The predicted molar refractivity (Wildman–Crippen MR) is 91.6 cm³/mol. The van der Waals surface area contributed by atoms with Crippen LogP contribution in [0.4, 0.5) is 5.69 Å². The molecule has 0 atom stereocenters. The molecule has 0 spiro atoms. The Hall–Kier alpha value is -3.01. The van der Waals surface area contributed by atoms with Crippen LogP contribution < -0.4 is 4.90 Å². The molecular formula is C19H18N2O2. The van der Waals surface area contributed by atoms with Gasteiger partial charge in [0.05, 0.1) is 11.9 Å². The molecule has 3 rings (SSSR count). The number of hydrogen-bond acceptors (Lipinski definition) is 4. The van der Waals surface area contributed by atoms with Crippen LogP contribution in [0.2, 0.25) is 0 Å². The third-order valence-corrected chi connectivity index (χ3v) is 3.70. The van der Waals surface area contributed by atoms with Crippen molar-refractivity contribution >= 4 is 5.69 Å². The zero-order chi connectivity index (χ0) is 16.2. The Bertz CT molecular complexity index is 800. The molecule has 2 aromatic carbocycles.